The van der Waals surface area contributed by atoms with Crippen LogP contribution in [0.2, 0.25) is 0 Å². The Bertz CT molecular complexity index is 946. The third kappa shape index (κ3) is 3.93. The molecule has 0 bridgehead atoms. The van der Waals surface area contributed by atoms with Gasteiger partial charge in [-0.25, -0.2) is 4.79 Å². The number of allylic oxidation sites excluding steroid dienone is 3. The van der Waals surface area contributed by atoms with Crippen LogP contribution in [0.25, 0.3) is 0 Å². The Morgan fingerprint density at radius 3 is 2.69 bits per heavy atom. The number of hydrogen-bond acceptors (Lipinski definition) is 5. The highest BCUT2D eigenvalue weighted by molar-refractivity contribution is 6.04. The van der Waals surface area contributed by atoms with Crippen LogP contribution in [0, 0.1) is 17.8 Å². The molecular weight excluding hydrogens is 366 g/mol. The molecule has 1 aromatic carbocycles. The van der Waals surface area contributed by atoms with Gasteiger partial charge in [-0.1, -0.05) is 44.9 Å². The topological polar surface area (TPSA) is 64.6 Å². The van der Waals surface area contributed by atoms with Crippen LogP contribution in [0.4, 0.5) is 0 Å². The fraction of sp³-hybridized carbons (Fsp3) is 0.417. The Hall–Kier alpha value is -3.00. The molecule has 5 heteroatoms. The van der Waals surface area contributed by atoms with Crippen molar-refractivity contribution in [3.05, 3.63) is 52.4 Å². The summed E-state index contributed by atoms with van der Waals surface area (Å²) in [5, 5.41) is 3.38. The summed E-state index contributed by atoms with van der Waals surface area (Å²) in [4.78, 5) is 26.1. The molecule has 1 heterocycles. The van der Waals surface area contributed by atoms with E-state index in [1.54, 1.807) is 0 Å². The minimum atomic E-state index is -0.550. The van der Waals surface area contributed by atoms with Crippen molar-refractivity contribution >= 4 is 11.8 Å². The zero-order valence-corrected chi connectivity index (χ0v) is 17.4. The van der Waals surface area contributed by atoms with Crippen molar-refractivity contribution in [1.29, 1.82) is 0 Å². The molecule has 0 saturated carbocycles. The number of dihydropyridines is 1. The van der Waals surface area contributed by atoms with Gasteiger partial charge in [0, 0.05) is 29.0 Å². The van der Waals surface area contributed by atoms with Gasteiger partial charge in [0.1, 0.15) is 12.4 Å². The Morgan fingerprint density at radius 1 is 1.31 bits per heavy atom. The fourth-order valence-corrected chi connectivity index (χ4v) is 4.26. The van der Waals surface area contributed by atoms with E-state index in [4.69, 9.17) is 15.9 Å². The van der Waals surface area contributed by atoms with Crippen LogP contribution in [-0.4, -0.2) is 25.5 Å². The second kappa shape index (κ2) is 8.16. The zero-order valence-electron chi connectivity index (χ0n) is 17.4. The standard InChI is InChI=1S/C24H27NO4/c1-6-12-29-19-11-9-8-10-15(19)20-21-17(13-24(3,4)14-18(21)26)25-16(7-2)22(20)23(27)28-5/h1,8-11,20,25H,7,12-14H2,2-5H3. The van der Waals surface area contributed by atoms with Gasteiger partial charge < -0.3 is 14.8 Å². The van der Waals surface area contributed by atoms with E-state index < -0.39 is 11.9 Å². The number of esters is 1. The van der Waals surface area contributed by atoms with Crippen molar-refractivity contribution < 1.29 is 19.1 Å². The van der Waals surface area contributed by atoms with E-state index in [0.29, 0.717) is 29.7 Å². The van der Waals surface area contributed by atoms with E-state index in [1.165, 1.54) is 7.11 Å². The summed E-state index contributed by atoms with van der Waals surface area (Å²) in [7, 11) is 1.36. The van der Waals surface area contributed by atoms with Crippen LogP contribution < -0.4 is 10.1 Å². The molecule has 1 unspecified atom stereocenters. The molecule has 2 aliphatic rings. The highest BCUT2D eigenvalue weighted by Gasteiger charge is 2.44. The van der Waals surface area contributed by atoms with Gasteiger partial charge in [-0.05, 0) is 24.3 Å². The third-order valence-corrected chi connectivity index (χ3v) is 5.42. The Labute approximate surface area is 172 Å². The lowest BCUT2D eigenvalue weighted by molar-refractivity contribution is -0.136. The van der Waals surface area contributed by atoms with Crippen molar-refractivity contribution in [2.75, 3.05) is 13.7 Å². The summed E-state index contributed by atoms with van der Waals surface area (Å²) < 4.78 is 10.9. The Balaban J connectivity index is 2.25. The van der Waals surface area contributed by atoms with Crippen LogP contribution in [0.15, 0.2) is 46.8 Å². The Kier molecular flexibility index (Phi) is 5.83. The first kappa shape index (κ1) is 20.7. The molecule has 1 aliphatic heterocycles. The normalized spacial score (nSPS) is 20.5. The molecule has 1 aliphatic carbocycles. The lowest BCUT2D eigenvalue weighted by atomic mass is 9.68. The van der Waals surface area contributed by atoms with Gasteiger partial charge in [-0.3, -0.25) is 4.79 Å². The number of Topliss-reactive ketones (excluding diaryl/α,β-unsaturated/α-hetero) is 1. The number of rotatable bonds is 5. The number of para-hydroxylation sites is 1. The number of nitrogens with one attached hydrogen (secondary N) is 1. The number of ether oxygens (including phenoxy) is 2. The molecule has 1 aromatic rings. The minimum Gasteiger partial charge on any atom is -0.481 e. The van der Waals surface area contributed by atoms with E-state index in [9.17, 15) is 9.59 Å². The average Bonchev–Trinajstić information content (AvgIpc) is 2.69. The number of carbonyl (C=O) groups excluding carboxylic acids is 2. The average molecular weight is 393 g/mol. The first-order valence-corrected chi connectivity index (χ1v) is 9.82. The maximum absolute atomic E-state index is 13.3. The monoisotopic (exact) mass is 393 g/mol. The maximum atomic E-state index is 13.3. The van der Waals surface area contributed by atoms with E-state index >= 15 is 0 Å². The predicted octanol–water partition coefficient (Wildman–Crippen LogP) is 3.87. The van der Waals surface area contributed by atoms with Crippen molar-refractivity contribution in [3.63, 3.8) is 0 Å². The second-order valence-corrected chi connectivity index (χ2v) is 8.16. The highest BCUT2D eigenvalue weighted by Crippen LogP contribution is 2.48. The number of benzene rings is 1. The van der Waals surface area contributed by atoms with Gasteiger partial charge in [0.25, 0.3) is 0 Å². The first-order chi connectivity index (χ1) is 13.8. The zero-order chi connectivity index (χ0) is 21.2. The molecule has 3 rings (SSSR count). The smallest absolute Gasteiger partial charge is 0.336 e. The summed E-state index contributed by atoms with van der Waals surface area (Å²) in [6.07, 6.45) is 7.14. The van der Waals surface area contributed by atoms with Gasteiger partial charge in [0.15, 0.2) is 5.78 Å². The predicted molar refractivity (Wildman–Crippen MR) is 111 cm³/mol. The lowest BCUT2D eigenvalue weighted by Crippen LogP contribution is -2.39. The van der Waals surface area contributed by atoms with Gasteiger partial charge in [-0.2, -0.15) is 0 Å². The highest BCUT2D eigenvalue weighted by atomic mass is 16.5. The van der Waals surface area contributed by atoms with Crippen molar-refractivity contribution in [1.82, 2.24) is 5.32 Å². The second-order valence-electron chi connectivity index (χ2n) is 8.16. The molecular formula is C24H27NO4. The molecule has 0 amide bonds. The Morgan fingerprint density at radius 2 is 2.03 bits per heavy atom. The minimum absolute atomic E-state index is 0.0389. The molecule has 152 valence electrons. The molecule has 0 saturated heterocycles. The lowest BCUT2D eigenvalue weighted by Gasteiger charge is -2.40. The maximum Gasteiger partial charge on any atom is 0.336 e. The van der Waals surface area contributed by atoms with E-state index in [1.807, 2.05) is 31.2 Å². The van der Waals surface area contributed by atoms with E-state index in [2.05, 4.69) is 25.1 Å². The molecule has 0 spiro atoms. The number of methoxy groups -OCH3 is 1. The van der Waals surface area contributed by atoms with Crippen molar-refractivity contribution in [3.8, 4) is 18.1 Å². The SMILES string of the molecule is C#CCOc1ccccc1C1C2=C(CC(C)(C)CC2=O)NC(CC)=C1C(=O)OC. The summed E-state index contributed by atoms with van der Waals surface area (Å²) in [6.45, 7) is 6.25. The summed E-state index contributed by atoms with van der Waals surface area (Å²) in [5.74, 6) is 2.08. The van der Waals surface area contributed by atoms with Crippen LogP contribution in [0.1, 0.15) is 51.5 Å². The number of carbonyl (C=O) groups is 2. The van der Waals surface area contributed by atoms with Crippen molar-refractivity contribution in [2.24, 2.45) is 5.41 Å². The summed E-state index contributed by atoms with van der Waals surface area (Å²) in [5.41, 5.74) is 3.34. The number of ketones is 1. The molecule has 1 atom stereocenters. The van der Waals surface area contributed by atoms with Crippen LogP contribution in [-0.2, 0) is 14.3 Å². The van der Waals surface area contributed by atoms with E-state index in [-0.39, 0.29) is 17.8 Å². The molecule has 29 heavy (non-hydrogen) atoms. The van der Waals surface area contributed by atoms with Crippen LogP contribution >= 0.6 is 0 Å². The van der Waals surface area contributed by atoms with Gasteiger partial charge in [0.2, 0.25) is 0 Å². The van der Waals surface area contributed by atoms with Crippen LogP contribution in [0.3, 0.4) is 0 Å². The molecule has 0 aromatic heterocycles. The van der Waals surface area contributed by atoms with Gasteiger partial charge in [0.05, 0.1) is 18.6 Å². The van der Waals surface area contributed by atoms with E-state index in [0.717, 1.165) is 23.4 Å². The largest absolute Gasteiger partial charge is 0.481 e. The third-order valence-electron chi connectivity index (χ3n) is 5.42. The molecule has 1 N–H and O–H groups in total. The number of terminal acetylenes is 1. The molecule has 5 nitrogen and oxygen atoms in total. The van der Waals surface area contributed by atoms with Crippen molar-refractivity contribution in [2.45, 2.75) is 46.0 Å². The summed E-state index contributed by atoms with van der Waals surface area (Å²) in [6, 6.07) is 7.42. The molecule has 0 radical (unpaired) electrons. The first-order valence-electron chi connectivity index (χ1n) is 9.82. The van der Waals surface area contributed by atoms with Gasteiger partial charge in [-0.15, -0.1) is 6.42 Å². The van der Waals surface area contributed by atoms with Crippen LogP contribution in [0.5, 0.6) is 5.75 Å². The summed E-state index contributed by atoms with van der Waals surface area (Å²) >= 11 is 0. The molecule has 0 fully saturated rings. The quantitative estimate of drug-likeness (QED) is 0.608. The van der Waals surface area contributed by atoms with Gasteiger partial charge >= 0.3 is 5.97 Å². The fourth-order valence-electron chi connectivity index (χ4n) is 4.26. The number of hydrogen-bond donors (Lipinski definition) is 1.